The van der Waals surface area contributed by atoms with Gasteiger partial charge in [-0.15, -0.1) is 0 Å². The second-order valence-corrected chi connectivity index (χ2v) is 5.70. The van der Waals surface area contributed by atoms with Gasteiger partial charge in [0.05, 0.1) is 16.6 Å². The summed E-state index contributed by atoms with van der Waals surface area (Å²) in [6, 6.07) is -0.263. The molecule has 0 radical (unpaired) electrons. The molecule has 1 aliphatic rings. The molecule has 2 atom stereocenters. The number of H-pyrrole nitrogens is 1. The molecule has 0 aliphatic heterocycles. The average molecular weight is 329 g/mol. The van der Waals surface area contributed by atoms with Gasteiger partial charge in [-0.3, -0.25) is 9.59 Å². The predicted molar refractivity (Wildman–Crippen MR) is 75.2 cm³/mol. The molecule has 19 heavy (non-hydrogen) atoms. The molecule has 1 aromatic rings. The monoisotopic (exact) mass is 328 g/mol. The van der Waals surface area contributed by atoms with Crippen molar-refractivity contribution in [3.8, 4) is 0 Å². The number of hydrogen-bond acceptors (Lipinski definition) is 3. The third-order valence-corrected chi connectivity index (χ3v) is 4.45. The maximum absolute atomic E-state index is 12.1. The molecule has 2 rings (SSSR count). The van der Waals surface area contributed by atoms with Crippen LogP contribution in [-0.2, 0) is 0 Å². The number of aromatic nitrogens is 1. The summed E-state index contributed by atoms with van der Waals surface area (Å²) in [4.78, 5) is 26.9. The van der Waals surface area contributed by atoms with E-state index in [1.165, 1.54) is 6.20 Å². The van der Waals surface area contributed by atoms with E-state index in [-0.39, 0.29) is 17.0 Å². The Bertz CT molecular complexity index is 541. The van der Waals surface area contributed by atoms with Gasteiger partial charge in [0.25, 0.3) is 5.91 Å². The number of aromatic amines is 1. The quantitative estimate of drug-likeness (QED) is 0.769. The summed E-state index contributed by atoms with van der Waals surface area (Å²) in [5.41, 5.74) is 0.411. The zero-order valence-electron chi connectivity index (χ0n) is 10.7. The minimum Gasteiger partial charge on any atom is -0.391 e. The van der Waals surface area contributed by atoms with Gasteiger partial charge in [0.2, 0.25) is 5.43 Å². The first-order valence-electron chi connectivity index (χ1n) is 6.37. The Balaban J connectivity index is 2.16. The SMILES string of the molecule is Cc1[nH]cc(C(=O)NC2CCCCC2O)c(=O)c1Br. The number of carbonyl (C=O) groups is 1. The Kier molecular flexibility index (Phi) is 4.42. The van der Waals surface area contributed by atoms with Crippen LogP contribution < -0.4 is 10.7 Å². The number of pyridine rings is 1. The van der Waals surface area contributed by atoms with Crippen LogP contribution in [0.15, 0.2) is 15.5 Å². The molecule has 1 fully saturated rings. The van der Waals surface area contributed by atoms with Crippen LogP contribution in [0.4, 0.5) is 0 Å². The number of aliphatic hydroxyl groups is 1. The van der Waals surface area contributed by atoms with Gasteiger partial charge in [-0.05, 0) is 35.7 Å². The Morgan fingerprint density at radius 3 is 2.84 bits per heavy atom. The Morgan fingerprint density at radius 2 is 2.16 bits per heavy atom. The van der Waals surface area contributed by atoms with Gasteiger partial charge in [0.15, 0.2) is 0 Å². The van der Waals surface area contributed by atoms with Gasteiger partial charge in [-0.2, -0.15) is 0 Å². The third kappa shape index (κ3) is 3.06. The highest BCUT2D eigenvalue weighted by atomic mass is 79.9. The molecule has 0 aromatic carbocycles. The standard InChI is InChI=1S/C13H17BrN2O3/c1-7-11(14)12(18)8(6-15-7)13(19)16-9-4-2-3-5-10(9)17/h6,9-10,17H,2-5H2,1H3,(H,15,18)(H,16,19). The fourth-order valence-corrected chi connectivity index (χ4v) is 2.62. The number of aryl methyl sites for hydroxylation is 1. The molecule has 0 bridgehead atoms. The zero-order valence-corrected chi connectivity index (χ0v) is 12.3. The van der Waals surface area contributed by atoms with Gasteiger partial charge < -0.3 is 15.4 Å². The van der Waals surface area contributed by atoms with Gasteiger partial charge >= 0.3 is 0 Å². The van der Waals surface area contributed by atoms with Crippen LogP contribution >= 0.6 is 15.9 Å². The fraction of sp³-hybridized carbons (Fsp3) is 0.538. The van der Waals surface area contributed by atoms with Crippen molar-refractivity contribution in [3.05, 3.63) is 32.2 Å². The molecule has 1 aliphatic carbocycles. The van der Waals surface area contributed by atoms with E-state index in [1.54, 1.807) is 6.92 Å². The van der Waals surface area contributed by atoms with E-state index in [0.717, 1.165) is 19.3 Å². The Morgan fingerprint density at radius 1 is 1.47 bits per heavy atom. The maximum Gasteiger partial charge on any atom is 0.257 e. The summed E-state index contributed by atoms with van der Waals surface area (Å²) in [5, 5.41) is 12.6. The largest absolute Gasteiger partial charge is 0.391 e. The van der Waals surface area contributed by atoms with Crippen molar-refractivity contribution < 1.29 is 9.90 Å². The molecule has 2 unspecified atom stereocenters. The zero-order chi connectivity index (χ0) is 14.0. The van der Waals surface area contributed by atoms with Gasteiger partial charge in [0.1, 0.15) is 5.56 Å². The molecule has 1 heterocycles. The smallest absolute Gasteiger partial charge is 0.257 e. The Hall–Kier alpha value is -1.14. The van der Waals surface area contributed by atoms with Crippen LogP contribution in [0, 0.1) is 6.92 Å². The lowest BCUT2D eigenvalue weighted by Crippen LogP contribution is -2.46. The van der Waals surface area contributed by atoms with Crippen molar-refractivity contribution in [3.63, 3.8) is 0 Å². The summed E-state index contributed by atoms with van der Waals surface area (Å²) in [6.07, 6.45) is 4.29. The van der Waals surface area contributed by atoms with E-state index < -0.39 is 12.0 Å². The van der Waals surface area contributed by atoms with Crippen molar-refractivity contribution in [2.75, 3.05) is 0 Å². The second-order valence-electron chi connectivity index (χ2n) is 4.90. The van der Waals surface area contributed by atoms with Crippen LogP contribution in [-0.4, -0.2) is 28.1 Å². The number of rotatable bonds is 2. The lowest BCUT2D eigenvalue weighted by Gasteiger charge is -2.28. The van der Waals surface area contributed by atoms with E-state index >= 15 is 0 Å². The first-order chi connectivity index (χ1) is 9.00. The van der Waals surface area contributed by atoms with E-state index in [2.05, 4.69) is 26.2 Å². The van der Waals surface area contributed by atoms with E-state index in [1.807, 2.05) is 0 Å². The number of hydrogen-bond donors (Lipinski definition) is 3. The second kappa shape index (κ2) is 5.88. The predicted octanol–water partition coefficient (Wildman–Crippen LogP) is 1.48. The van der Waals surface area contributed by atoms with E-state index in [9.17, 15) is 14.7 Å². The number of halogens is 1. The van der Waals surface area contributed by atoms with Gasteiger partial charge in [-0.1, -0.05) is 12.8 Å². The minimum atomic E-state index is -0.523. The summed E-state index contributed by atoms with van der Waals surface area (Å²) in [6.45, 7) is 1.75. The molecule has 0 saturated heterocycles. The molecule has 1 aromatic heterocycles. The highest BCUT2D eigenvalue weighted by molar-refractivity contribution is 9.10. The minimum absolute atomic E-state index is 0.0650. The molecular weight excluding hydrogens is 312 g/mol. The van der Waals surface area contributed by atoms with Crippen molar-refractivity contribution in [1.29, 1.82) is 0 Å². The van der Waals surface area contributed by atoms with Crippen molar-refractivity contribution in [2.45, 2.75) is 44.8 Å². The normalized spacial score (nSPS) is 23.1. The molecular formula is C13H17BrN2O3. The average Bonchev–Trinajstić information content (AvgIpc) is 2.39. The maximum atomic E-state index is 12.1. The number of nitrogens with one attached hydrogen (secondary N) is 2. The molecule has 1 amide bonds. The Labute approximate surface area is 119 Å². The molecule has 3 N–H and O–H groups in total. The first-order valence-corrected chi connectivity index (χ1v) is 7.16. The first kappa shape index (κ1) is 14.3. The van der Waals surface area contributed by atoms with E-state index in [4.69, 9.17) is 0 Å². The van der Waals surface area contributed by atoms with E-state index in [0.29, 0.717) is 16.6 Å². The van der Waals surface area contributed by atoms with Crippen molar-refractivity contribution in [1.82, 2.24) is 10.3 Å². The fourth-order valence-electron chi connectivity index (χ4n) is 2.29. The van der Waals surface area contributed by atoms with Crippen molar-refractivity contribution >= 4 is 21.8 Å². The lowest BCUT2D eigenvalue weighted by atomic mass is 9.92. The summed E-state index contributed by atoms with van der Waals surface area (Å²) in [7, 11) is 0. The summed E-state index contributed by atoms with van der Waals surface area (Å²) in [5.74, 6) is -0.437. The van der Waals surface area contributed by atoms with Crippen LogP contribution in [0.25, 0.3) is 0 Å². The molecule has 5 nitrogen and oxygen atoms in total. The highest BCUT2D eigenvalue weighted by Crippen LogP contribution is 2.18. The van der Waals surface area contributed by atoms with Crippen molar-refractivity contribution in [2.24, 2.45) is 0 Å². The topological polar surface area (TPSA) is 82.2 Å². The number of aliphatic hydroxyl groups excluding tert-OH is 1. The lowest BCUT2D eigenvalue weighted by molar-refractivity contribution is 0.0716. The van der Waals surface area contributed by atoms with Gasteiger partial charge in [-0.25, -0.2) is 0 Å². The van der Waals surface area contributed by atoms with Crippen LogP contribution in [0.5, 0.6) is 0 Å². The summed E-state index contributed by atoms with van der Waals surface area (Å²) < 4.78 is 0.365. The van der Waals surface area contributed by atoms with Crippen LogP contribution in [0.2, 0.25) is 0 Å². The molecule has 0 spiro atoms. The third-order valence-electron chi connectivity index (χ3n) is 3.50. The van der Waals surface area contributed by atoms with Gasteiger partial charge in [0, 0.05) is 11.9 Å². The molecule has 6 heteroatoms. The van der Waals surface area contributed by atoms with Crippen LogP contribution in [0.3, 0.4) is 0 Å². The van der Waals surface area contributed by atoms with Crippen LogP contribution in [0.1, 0.15) is 41.7 Å². The summed E-state index contributed by atoms with van der Waals surface area (Å²) >= 11 is 3.16. The number of amides is 1. The number of carbonyl (C=O) groups excluding carboxylic acids is 1. The highest BCUT2D eigenvalue weighted by Gasteiger charge is 2.26. The molecule has 104 valence electrons. The molecule has 1 saturated carbocycles.